The van der Waals surface area contributed by atoms with Crippen molar-refractivity contribution in [3.63, 3.8) is 0 Å². The Bertz CT molecular complexity index is 781. The molecule has 0 aliphatic carbocycles. The van der Waals surface area contributed by atoms with Crippen molar-refractivity contribution in [2.24, 2.45) is 0 Å². The molecule has 1 fully saturated rings. The highest BCUT2D eigenvalue weighted by molar-refractivity contribution is 5.27. The van der Waals surface area contributed by atoms with Crippen LogP contribution in [0.15, 0.2) is 55.0 Å². The van der Waals surface area contributed by atoms with Gasteiger partial charge >= 0.3 is 0 Å². The van der Waals surface area contributed by atoms with Gasteiger partial charge in [0.25, 0.3) is 0 Å². The quantitative estimate of drug-likeness (QED) is 0.740. The van der Waals surface area contributed by atoms with Crippen molar-refractivity contribution < 1.29 is 4.74 Å². The number of H-pyrrole nitrogens is 1. The van der Waals surface area contributed by atoms with Crippen molar-refractivity contribution in [2.45, 2.75) is 31.9 Å². The molecule has 0 unspecified atom stereocenters. The monoisotopic (exact) mass is 349 g/mol. The van der Waals surface area contributed by atoms with E-state index in [2.05, 4.69) is 37.2 Å². The molecule has 3 heterocycles. The normalized spacial score (nSPS) is 15.8. The first-order valence-electron chi connectivity index (χ1n) is 9.06. The maximum absolute atomic E-state index is 5.80. The van der Waals surface area contributed by atoms with Crippen LogP contribution in [0.1, 0.15) is 35.8 Å². The fraction of sp³-hybridized carbons (Fsp3) is 0.350. The Labute approximate surface area is 153 Å². The fourth-order valence-corrected chi connectivity index (χ4v) is 3.37. The lowest BCUT2D eigenvalue weighted by Crippen LogP contribution is -2.32. The minimum Gasteiger partial charge on any atom is -0.487 e. The summed E-state index contributed by atoms with van der Waals surface area (Å²) in [7, 11) is 0. The molecule has 3 aromatic rings. The van der Waals surface area contributed by atoms with Crippen LogP contribution < -0.4 is 4.74 Å². The second-order valence-electron chi connectivity index (χ2n) is 6.67. The van der Waals surface area contributed by atoms with E-state index in [1.54, 1.807) is 12.5 Å². The van der Waals surface area contributed by atoms with Gasteiger partial charge in [-0.25, -0.2) is 4.98 Å². The number of aromatic amines is 1. The van der Waals surface area contributed by atoms with Gasteiger partial charge in [-0.3, -0.25) is 15.0 Å². The molecule has 0 saturated carbocycles. The molecule has 26 heavy (non-hydrogen) atoms. The molecule has 1 aliphatic heterocycles. The minimum absolute atomic E-state index is 0.495. The molecule has 1 N–H and O–H groups in total. The zero-order valence-electron chi connectivity index (χ0n) is 14.7. The van der Waals surface area contributed by atoms with Crippen LogP contribution in [0.2, 0.25) is 0 Å². The van der Waals surface area contributed by atoms with E-state index in [0.29, 0.717) is 12.5 Å². The van der Waals surface area contributed by atoms with Crippen LogP contribution in [0.3, 0.4) is 0 Å². The van der Waals surface area contributed by atoms with Crippen LogP contribution in [-0.4, -0.2) is 38.2 Å². The van der Waals surface area contributed by atoms with E-state index >= 15 is 0 Å². The highest BCUT2D eigenvalue weighted by Crippen LogP contribution is 2.26. The van der Waals surface area contributed by atoms with Crippen LogP contribution in [0.25, 0.3) is 0 Å². The topological polar surface area (TPSA) is 66.9 Å². The number of hydrogen-bond acceptors (Lipinski definition) is 5. The van der Waals surface area contributed by atoms with E-state index in [1.807, 2.05) is 30.3 Å². The van der Waals surface area contributed by atoms with Crippen LogP contribution in [0, 0.1) is 0 Å². The Hall–Kier alpha value is -2.73. The SMILES string of the molecule is c1ccc(COc2ccc(CN3CCC(c4ncn[nH]4)CC3)cc2)nc1. The summed E-state index contributed by atoms with van der Waals surface area (Å²) in [5, 5.41) is 6.96. The van der Waals surface area contributed by atoms with Crippen molar-refractivity contribution in [2.75, 3.05) is 13.1 Å². The van der Waals surface area contributed by atoms with E-state index in [1.165, 1.54) is 5.56 Å². The molecular weight excluding hydrogens is 326 g/mol. The maximum atomic E-state index is 5.80. The van der Waals surface area contributed by atoms with Gasteiger partial charge < -0.3 is 4.74 Å². The summed E-state index contributed by atoms with van der Waals surface area (Å²) in [4.78, 5) is 11.1. The number of rotatable bonds is 6. The molecule has 6 heteroatoms. The average molecular weight is 349 g/mol. The van der Waals surface area contributed by atoms with Crippen LogP contribution >= 0.6 is 0 Å². The van der Waals surface area contributed by atoms with Gasteiger partial charge in [-0.1, -0.05) is 18.2 Å². The van der Waals surface area contributed by atoms with Crippen molar-refractivity contribution in [1.82, 2.24) is 25.1 Å². The third kappa shape index (κ3) is 4.26. The first kappa shape index (κ1) is 16.7. The van der Waals surface area contributed by atoms with Gasteiger partial charge in [0.05, 0.1) is 5.69 Å². The van der Waals surface area contributed by atoms with Gasteiger partial charge in [-0.15, -0.1) is 0 Å². The predicted octanol–water partition coefficient (Wildman–Crippen LogP) is 3.16. The van der Waals surface area contributed by atoms with E-state index in [9.17, 15) is 0 Å². The number of nitrogens with zero attached hydrogens (tertiary/aromatic N) is 4. The van der Waals surface area contributed by atoms with Crippen molar-refractivity contribution in [3.8, 4) is 5.75 Å². The summed E-state index contributed by atoms with van der Waals surface area (Å²) in [6, 6.07) is 14.2. The first-order chi connectivity index (χ1) is 12.9. The zero-order chi connectivity index (χ0) is 17.6. The summed E-state index contributed by atoms with van der Waals surface area (Å²) in [6.45, 7) is 3.64. The Morgan fingerprint density at radius 3 is 2.58 bits per heavy atom. The van der Waals surface area contributed by atoms with Gasteiger partial charge in [-0.2, -0.15) is 5.10 Å². The molecule has 134 valence electrons. The highest BCUT2D eigenvalue weighted by Gasteiger charge is 2.22. The van der Waals surface area contributed by atoms with Crippen LogP contribution in [0.4, 0.5) is 0 Å². The number of likely N-dealkylation sites (tertiary alicyclic amines) is 1. The molecule has 1 saturated heterocycles. The van der Waals surface area contributed by atoms with E-state index < -0.39 is 0 Å². The standard InChI is InChI=1S/C20H23N5O/c1-2-10-21-18(3-1)14-26-19-6-4-16(5-7-19)13-25-11-8-17(9-12-25)20-22-15-23-24-20/h1-7,10,15,17H,8-9,11-14H2,(H,22,23,24). The first-order valence-corrected chi connectivity index (χ1v) is 9.06. The maximum Gasteiger partial charge on any atom is 0.137 e. The average Bonchev–Trinajstić information content (AvgIpc) is 3.24. The number of piperidine rings is 1. The van der Waals surface area contributed by atoms with Crippen molar-refractivity contribution in [1.29, 1.82) is 0 Å². The molecule has 0 spiro atoms. The largest absolute Gasteiger partial charge is 0.487 e. The van der Waals surface area contributed by atoms with Gasteiger partial charge in [0.15, 0.2) is 0 Å². The number of aromatic nitrogens is 4. The van der Waals surface area contributed by atoms with Gasteiger partial charge in [0.2, 0.25) is 0 Å². The summed E-state index contributed by atoms with van der Waals surface area (Å²) in [6.07, 6.45) is 5.63. The lowest BCUT2D eigenvalue weighted by atomic mass is 9.96. The molecule has 0 atom stereocenters. The second kappa shape index (κ2) is 8.10. The lowest BCUT2D eigenvalue weighted by Gasteiger charge is -2.30. The summed E-state index contributed by atoms with van der Waals surface area (Å²) in [5.41, 5.74) is 2.25. The fourth-order valence-electron chi connectivity index (χ4n) is 3.37. The highest BCUT2D eigenvalue weighted by atomic mass is 16.5. The Morgan fingerprint density at radius 1 is 1.04 bits per heavy atom. The Balaban J connectivity index is 1.25. The molecule has 6 nitrogen and oxygen atoms in total. The molecular formula is C20H23N5O. The van der Waals surface area contributed by atoms with Gasteiger partial charge in [0, 0.05) is 18.7 Å². The van der Waals surface area contributed by atoms with E-state index in [-0.39, 0.29) is 0 Å². The number of ether oxygens (including phenoxy) is 1. The summed E-state index contributed by atoms with van der Waals surface area (Å²) >= 11 is 0. The molecule has 4 rings (SSSR count). The smallest absolute Gasteiger partial charge is 0.137 e. The number of pyridine rings is 1. The minimum atomic E-state index is 0.495. The number of hydrogen-bond donors (Lipinski definition) is 1. The van der Waals surface area contributed by atoms with Gasteiger partial charge in [0.1, 0.15) is 24.5 Å². The summed E-state index contributed by atoms with van der Waals surface area (Å²) < 4.78 is 5.80. The lowest BCUT2D eigenvalue weighted by molar-refractivity contribution is 0.201. The third-order valence-electron chi connectivity index (χ3n) is 4.85. The molecule has 2 aromatic heterocycles. The van der Waals surface area contributed by atoms with Crippen LogP contribution in [-0.2, 0) is 13.2 Å². The molecule has 1 aromatic carbocycles. The zero-order valence-corrected chi connectivity index (χ0v) is 14.7. The molecule has 0 amide bonds. The second-order valence-corrected chi connectivity index (χ2v) is 6.67. The van der Waals surface area contributed by atoms with E-state index in [0.717, 1.165) is 49.7 Å². The van der Waals surface area contributed by atoms with Crippen molar-refractivity contribution >= 4 is 0 Å². The molecule has 0 bridgehead atoms. The number of nitrogens with one attached hydrogen (secondary N) is 1. The Morgan fingerprint density at radius 2 is 1.88 bits per heavy atom. The molecule has 0 radical (unpaired) electrons. The predicted molar refractivity (Wildman–Crippen MR) is 98.6 cm³/mol. The number of benzene rings is 1. The molecule has 1 aliphatic rings. The van der Waals surface area contributed by atoms with Crippen LogP contribution in [0.5, 0.6) is 5.75 Å². The Kier molecular flexibility index (Phi) is 5.21. The van der Waals surface area contributed by atoms with E-state index in [4.69, 9.17) is 4.74 Å². The van der Waals surface area contributed by atoms with Gasteiger partial charge in [-0.05, 0) is 55.8 Å². The third-order valence-corrected chi connectivity index (χ3v) is 4.85. The summed E-state index contributed by atoms with van der Waals surface area (Å²) in [5.74, 6) is 2.42. The van der Waals surface area contributed by atoms with Crippen molar-refractivity contribution in [3.05, 3.63) is 72.1 Å².